The van der Waals surface area contributed by atoms with Crippen molar-refractivity contribution in [2.24, 2.45) is 16.6 Å². The number of carbonyl (C=O) groups excluding carboxylic acids is 1. The number of carbonyl (C=O) groups is 1. The molecule has 1 unspecified atom stereocenters. The highest BCUT2D eigenvalue weighted by molar-refractivity contribution is 6.13. The SMILES string of the molecule is C#CCOc1ccc(C2=CN=C3/C(Nc4ccc(C(=O)CC(=N)CCCN)c(CC)c4)=C\C=C/CCC23)c(F)c1F. The first-order valence-electron chi connectivity index (χ1n) is 13.8. The molecule has 4 N–H and O–H groups in total. The van der Waals surface area contributed by atoms with E-state index in [4.69, 9.17) is 22.3 Å². The Kier molecular flexibility index (Phi) is 9.99. The van der Waals surface area contributed by atoms with Crippen LogP contribution in [-0.2, 0) is 6.42 Å². The monoisotopic (exact) mass is 556 g/mol. The molecular weight excluding hydrogens is 522 g/mol. The summed E-state index contributed by atoms with van der Waals surface area (Å²) >= 11 is 0. The summed E-state index contributed by atoms with van der Waals surface area (Å²) in [6.45, 7) is 2.32. The van der Waals surface area contributed by atoms with Crippen LogP contribution in [0.25, 0.3) is 5.57 Å². The number of halogens is 2. The zero-order valence-electron chi connectivity index (χ0n) is 23.1. The number of rotatable bonds is 12. The van der Waals surface area contributed by atoms with Crippen LogP contribution in [0.4, 0.5) is 14.5 Å². The largest absolute Gasteiger partial charge is 0.478 e. The van der Waals surface area contributed by atoms with Gasteiger partial charge in [-0.05, 0) is 86.2 Å². The number of ketones is 1. The standard InChI is InChI=1S/C33H34F2N4O2/c1-3-17-41-30-15-14-25(31(34)32(30)35)27-20-38-33-26(27)10-6-5-7-11-28(33)39-23-12-13-24(21(4-2)18-23)29(40)19-22(37)9-8-16-36/h1,5,7,11-15,18,20,26,37,39H,4,6,8-10,16-17,19,36H2,2H3/b7-5-,28-11+,37-22?. The zero-order chi connectivity index (χ0) is 29.4. The minimum Gasteiger partial charge on any atom is -0.478 e. The number of hydrogen-bond donors (Lipinski definition) is 3. The number of ether oxygens (including phenoxy) is 1. The van der Waals surface area contributed by atoms with Crippen LogP contribution in [-0.4, -0.2) is 30.4 Å². The van der Waals surface area contributed by atoms with E-state index in [1.54, 1.807) is 12.3 Å². The molecule has 1 aliphatic heterocycles. The molecule has 0 saturated heterocycles. The number of allylic oxidation sites excluding steroid dienone is 5. The third-order valence-corrected chi connectivity index (χ3v) is 7.14. The average molecular weight is 557 g/mol. The maximum absolute atomic E-state index is 15.2. The van der Waals surface area contributed by atoms with E-state index in [2.05, 4.69) is 16.2 Å². The number of fused-ring (bicyclic) bond motifs is 1. The molecule has 0 aromatic heterocycles. The lowest BCUT2D eigenvalue weighted by molar-refractivity contribution is 0.0999. The second-order valence-corrected chi connectivity index (χ2v) is 9.92. The van der Waals surface area contributed by atoms with Crippen molar-refractivity contribution in [3.05, 3.63) is 88.8 Å². The van der Waals surface area contributed by atoms with Crippen LogP contribution in [0.3, 0.4) is 0 Å². The van der Waals surface area contributed by atoms with Crippen molar-refractivity contribution in [1.82, 2.24) is 0 Å². The Balaban J connectivity index is 1.55. The van der Waals surface area contributed by atoms with E-state index in [1.165, 1.54) is 12.1 Å². The van der Waals surface area contributed by atoms with Gasteiger partial charge < -0.3 is 21.2 Å². The lowest BCUT2D eigenvalue weighted by Gasteiger charge is -2.22. The molecule has 4 rings (SSSR count). The first-order chi connectivity index (χ1) is 19.9. The second-order valence-electron chi connectivity index (χ2n) is 9.92. The Hall–Kier alpha value is -4.35. The number of benzene rings is 2. The van der Waals surface area contributed by atoms with Gasteiger partial charge in [-0.2, -0.15) is 4.39 Å². The highest BCUT2D eigenvalue weighted by atomic mass is 19.2. The molecule has 0 bridgehead atoms. The minimum atomic E-state index is -1.08. The molecule has 1 heterocycles. The van der Waals surface area contributed by atoms with Crippen molar-refractivity contribution in [2.45, 2.75) is 45.4 Å². The average Bonchev–Trinajstić information content (AvgIpc) is 3.37. The number of nitrogens with two attached hydrogens (primary N) is 1. The van der Waals surface area contributed by atoms with Crippen LogP contribution in [0, 0.1) is 35.3 Å². The Labute approximate surface area is 239 Å². The molecule has 0 fully saturated rings. The number of nitrogens with one attached hydrogen (secondary N) is 2. The summed E-state index contributed by atoms with van der Waals surface area (Å²) in [7, 11) is 0. The van der Waals surface area contributed by atoms with Crippen LogP contribution >= 0.6 is 0 Å². The van der Waals surface area contributed by atoms with Crippen LogP contribution < -0.4 is 15.8 Å². The van der Waals surface area contributed by atoms with Crippen molar-refractivity contribution in [3.8, 4) is 18.1 Å². The van der Waals surface area contributed by atoms with Gasteiger partial charge in [-0.1, -0.05) is 25.0 Å². The van der Waals surface area contributed by atoms with E-state index >= 15 is 4.39 Å². The quantitative estimate of drug-likeness (QED) is 0.155. The molecule has 212 valence electrons. The van der Waals surface area contributed by atoms with Crippen LogP contribution in [0.1, 0.15) is 60.5 Å². The topological polar surface area (TPSA) is 101 Å². The molecule has 0 amide bonds. The molecule has 0 saturated carbocycles. The van der Waals surface area contributed by atoms with Gasteiger partial charge in [0.2, 0.25) is 5.82 Å². The number of hydrogen-bond acceptors (Lipinski definition) is 6. The van der Waals surface area contributed by atoms with Gasteiger partial charge in [0, 0.05) is 41.1 Å². The van der Waals surface area contributed by atoms with E-state index < -0.39 is 11.6 Å². The molecule has 1 aliphatic carbocycles. The minimum absolute atomic E-state index is 0.0802. The van der Waals surface area contributed by atoms with Crippen molar-refractivity contribution >= 4 is 28.5 Å². The summed E-state index contributed by atoms with van der Waals surface area (Å²) in [5.74, 6) is -0.395. The van der Waals surface area contributed by atoms with Gasteiger partial charge in [-0.3, -0.25) is 9.79 Å². The van der Waals surface area contributed by atoms with Crippen molar-refractivity contribution < 1.29 is 18.3 Å². The van der Waals surface area contributed by atoms with E-state index in [9.17, 15) is 9.18 Å². The summed E-state index contributed by atoms with van der Waals surface area (Å²) in [5.41, 5.74) is 10.4. The summed E-state index contributed by atoms with van der Waals surface area (Å²) in [5, 5.41) is 11.5. The Morgan fingerprint density at radius 1 is 1.27 bits per heavy atom. The van der Waals surface area contributed by atoms with Gasteiger partial charge in [-0.25, -0.2) is 4.39 Å². The molecule has 0 radical (unpaired) electrons. The van der Waals surface area contributed by atoms with E-state index in [-0.39, 0.29) is 36.0 Å². The number of nitrogens with zero attached hydrogens (tertiary/aromatic N) is 1. The number of aryl methyl sites for hydroxylation is 1. The lowest BCUT2D eigenvalue weighted by Crippen LogP contribution is -2.21. The third kappa shape index (κ3) is 6.87. The highest BCUT2D eigenvalue weighted by Gasteiger charge is 2.31. The van der Waals surface area contributed by atoms with Crippen molar-refractivity contribution in [3.63, 3.8) is 0 Å². The predicted octanol–water partition coefficient (Wildman–Crippen LogP) is 6.63. The summed E-state index contributed by atoms with van der Waals surface area (Å²) in [4.78, 5) is 17.6. The molecule has 2 aromatic carbocycles. The normalized spacial score (nSPS) is 18.0. The van der Waals surface area contributed by atoms with Gasteiger partial charge in [0.05, 0.1) is 11.4 Å². The van der Waals surface area contributed by atoms with Crippen molar-refractivity contribution in [2.75, 3.05) is 18.5 Å². The molecule has 0 spiro atoms. The number of terminal acetylenes is 1. The van der Waals surface area contributed by atoms with Gasteiger partial charge in [-0.15, -0.1) is 6.42 Å². The second kappa shape index (κ2) is 13.8. The predicted molar refractivity (Wildman–Crippen MR) is 160 cm³/mol. The summed E-state index contributed by atoms with van der Waals surface area (Å²) in [6.07, 6.45) is 16.0. The Morgan fingerprint density at radius 2 is 2.10 bits per heavy atom. The van der Waals surface area contributed by atoms with Gasteiger partial charge in [0.15, 0.2) is 17.3 Å². The fourth-order valence-corrected chi connectivity index (χ4v) is 5.06. The number of Topliss-reactive ketones (excluding diaryl/α,β-unsaturated/α-hetero) is 1. The van der Waals surface area contributed by atoms with E-state index in [0.29, 0.717) is 49.1 Å². The molecule has 8 heteroatoms. The molecule has 6 nitrogen and oxygen atoms in total. The first kappa shape index (κ1) is 29.6. The molecule has 41 heavy (non-hydrogen) atoms. The third-order valence-electron chi connectivity index (χ3n) is 7.14. The van der Waals surface area contributed by atoms with Gasteiger partial charge in [0.25, 0.3) is 0 Å². The first-order valence-corrected chi connectivity index (χ1v) is 13.8. The van der Waals surface area contributed by atoms with E-state index in [1.807, 2.05) is 37.3 Å². The van der Waals surface area contributed by atoms with Crippen LogP contribution in [0.5, 0.6) is 5.75 Å². The maximum Gasteiger partial charge on any atom is 0.201 e. The number of aliphatic imine (C=N–C) groups is 1. The zero-order valence-corrected chi connectivity index (χ0v) is 23.1. The van der Waals surface area contributed by atoms with Crippen LogP contribution in [0.2, 0.25) is 0 Å². The van der Waals surface area contributed by atoms with Gasteiger partial charge in [0.1, 0.15) is 6.61 Å². The lowest BCUT2D eigenvalue weighted by atomic mass is 9.84. The summed E-state index contributed by atoms with van der Waals surface area (Å²) < 4.78 is 35.0. The summed E-state index contributed by atoms with van der Waals surface area (Å²) in [6, 6.07) is 8.44. The van der Waals surface area contributed by atoms with Gasteiger partial charge >= 0.3 is 0 Å². The van der Waals surface area contributed by atoms with Crippen LogP contribution in [0.15, 0.2) is 65.4 Å². The molecule has 2 aliphatic rings. The fourth-order valence-electron chi connectivity index (χ4n) is 5.06. The fraction of sp³-hybridized carbons (Fsp3) is 0.303. The Bertz CT molecular complexity index is 1500. The highest BCUT2D eigenvalue weighted by Crippen LogP contribution is 2.39. The smallest absolute Gasteiger partial charge is 0.201 e. The van der Waals surface area contributed by atoms with E-state index in [0.717, 1.165) is 29.1 Å². The molecule has 2 aromatic rings. The maximum atomic E-state index is 15.2. The molecule has 1 atom stereocenters. The molecular formula is C33H34F2N4O2. The van der Waals surface area contributed by atoms with Crippen molar-refractivity contribution in [1.29, 1.82) is 5.41 Å². The number of anilines is 1. The Morgan fingerprint density at radius 3 is 2.85 bits per heavy atom.